The second-order valence-electron chi connectivity index (χ2n) is 19.7. The Morgan fingerprint density at radius 1 is 1.12 bits per heavy atom. The van der Waals surface area contributed by atoms with Crippen molar-refractivity contribution in [2.24, 2.45) is 11.3 Å². The van der Waals surface area contributed by atoms with Crippen LogP contribution in [0.5, 0.6) is 0 Å². The van der Waals surface area contributed by atoms with Crippen LogP contribution in [0.25, 0.3) is 33.4 Å². The number of nitrogens with zero attached hydrogens (tertiary/aromatic N) is 7. The lowest BCUT2D eigenvalue weighted by molar-refractivity contribution is -0.189. The number of nitrogens with one attached hydrogen (secondary N) is 2. The molecule has 4 amide bonds. The number of ether oxygens (including phenoxy) is 2. The zero-order valence-electron chi connectivity index (χ0n) is 39.3. The molecule has 4 atom stereocenters. The number of esters is 1. The molecule has 17 heteroatoms. The van der Waals surface area contributed by atoms with Crippen LogP contribution in [0, 0.1) is 11.3 Å². The maximum absolute atomic E-state index is 14.7. The van der Waals surface area contributed by atoms with Gasteiger partial charge in [0, 0.05) is 98.7 Å². The number of benzene rings is 1. The second kappa shape index (κ2) is 18.0. The summed E-state index contributed by atoms with van der Waals surface area (Å²) in [5.41, 5.74) is 6.19. The average Bonchev–Trinajstić information content (AvgIpc) is 4.00. The number of aromatic nitrogens is 3. The Hall–Kier alpha value is -4.94. The minimum atomic E-state index is -2.20. The fraction of sp³-hybridized carbons (Fsp3) is 0.583. The lowest BCUT2D eigenvalue weighted by Crippen LogP contribution is -2.70. The van der Waals surface area contributed by atoms with Crippen molar-refractivity contribution >= 4 is 46.1 Å². The number of rotatable bonds is 8. The third-order valence-corrected chi connectivity index (χ3v) is 14.7. The number of fused-ring (bicyclic) bond motifs is 6. The number of aryl methyl sites for hydroxylation is 1. The summed E-state index contributed by atoms with van der Waals surface area (Å²) in [5, 5.41) is 19.7. The molecule has 8 rings (SSSR count). The molecular formula is C48H65N9O7S. The minimum absolute atomic E-state index is 0.0113. The van der Waals surface area contributed by atoms with E-state index in [0.717, 1.165) is 70.6 Å². The van der Waals surface area contributed by atoms with Crippen LogP contribution in [0.3, 0.4) is 0 Å². The van der Waals surface area contributed by atoms with Crippen LogP contribution < -0.4 is 10.7 Å². The van der Waals surface area contributed by atoms with Crippen LogP contribution in [0.4, 0.5) is 4.79 Å². The van der Waals surface area contributed by atoms with Crippen molar-refractivity contribution in [3.8, 4) is 22.5 Å². The molecular weight excluding hydrogens is 847 g/mol. The van der Waals surface area contributed by atoms with Crippen molar-refractivity contribution in [3.63, 3.8) is 0 Å². The minimum Gasteiger partial charge on any atom is -0.462 e. The van der Waals surface area contributed by atoms with E-state index in [2.05, 4.69) is 51.4 Å². The molecule has 0 unspecified atom stereocenters. The standard InChI is InChI=1S/C48H65N9O7S/c1-10-55-37-16-15-31-22-33(37)34(41(55)32-14-11-19-49-39(32)30(4)63-9)24-46(5,6)28-64-44(60)48(62)18-13-21-57(52-48)43(59)35(23-38-50-36(31)25-65-38)51-42(58)40(29(2)3)54(8)45(61)56-20-12-17-47(56)26-53(7)27-47/h11,14-16,19,22,25,29-30,35,40,52,62H,10,12-13,17-18,20-21,23-24,26-28H2,1-9H3,(H,51,58)/t30-,35-,40-,48-/m0/s1. The molecule has 4 aliphatic rings. The van der Waals surface area contributed by atoms with Gasteiger partial charge in [0.1, 0.15) is 12.1 Å². The maximum atomic E-state index is 14.7. The number of urea groups is 1. The summed E-state index contributed by atoms with van der Waals surface area (Å²) in [5.74, 6) is -2.21. The first kappa shape index (κ1) is 46.6. The van der Waals surface area contributed by atoms with Crippen molar-refractivity contribution in [2.45, 2.75) is 116 Å². The van der Waals surface area contributed by atoms with E-state index >= 15 is 0 Å². The molecule has 0 saturated carbocycles. The van der Waals surface area contributed by atoms with E-state index in [-0.39, 0.29) is 49.6 Å². The number of aliphatic hydroxyl groups is 1. The molecule has 6 bridgehead atoms. The van der Waals surface area contributed by atoms with E-state index in [9.17, 15) is 24.3 Å². The van der Waals surface area contributed by atoms with Gasteiger partial charge in [-0.3, -0.25) is 19.6 Å². The normalized spacial score (nSPS) is 23.3. The van der Waals surface area contributed by atoms with Crippen LogP contribution in [-0.2, 0) is 43.2 Å². The molecule has 7 heterocycles. The summed E-state index contributed by atoms with van der Waals surface area (Å²) in [6.45, 7) is 15.0. The van der Waals surface area contributed by atoms with Crippen LogP contribution in [0.2, 0.25) is 0 Å². The van der Waals surface area contributed by atoms with Gasteiger partial charge in [-0.2, -0.15) is 5.43 Å². The van der Waals surface area contributed by atoms with Crippen molar-refractivity contribution in [3.05, 3.63) is 58.2 Å². The summed E-state index contributed by atoms with van der Waals surface area (Å²) in [6, 6.07) is 8.07. The predicted molar refractivity (Wildman–Crippen MR) is 248 cm³/mol. The third-order valence-electron chi connectivity index (χ3n) is 13.8. The van der Waals surface area contributed by atoms with Gasteiger partial charge >= 0.3 is 12.0 Å². The molecule has 350 valence electrons. The SMILES string of the molecule is CCn1c(-c2cccnc2[C@H](C)OC)c2c3cc(ccc31)-c1csc(n1)C[C@H](NC(=O)[C@H](C(C)C)N(C)C(=O)N1CCCC13CN(C)C3)C(=O)N1CCC[C@@](O)(N1)C(=O)OCC(C)(C)C2. The molecule has 65 heavy (non-hydrogen) atoms. The van der Waals surface area contributed by atoms with Crippen LogP contribution >= 0.6 is 11.3 Å². The molecule has 4 aromatic rings. The molecule has 0 radical (unpaired) electrons. The molecule has 4 aliphatic heterocycles. The Morgan fingerprint density at radius 3 is 2.58 bits per heavy atom. The summed E-state index contributed by atoms with van der Waals surface area (Å²) in [4.78, 5) is 72.9. The Morgan fingerprint density at radius 2 is 1.88 bits per heavy atom. The van der Waals surface area contributed by atoms with E-state index in [1.54, 1.807) is 20.4 Å². The summed E-state index contributed by atoms with van der Waals surface area (Å²) >= 11 is 1.39. The highest BCUT2D eigenvalue weighted by atomic mass is 32.1. The highest BCUT2D eigenvalue weighted by Gasteiger charge is 2.52. The van der Waals surface area contributed by atoms with E-state index in [1.165, 1.54) is 21.2 Å². The van der Waals surface area contributed by atoms with Gasteiger partial charge in [-0.15, -0.1) is 11.3 Å². The molecule has 0 aliphatic carbocycles. The highest BCUT2D eigenvalue weighted by Crippen LogP contribution is 2.42. The zero-order valence-corrected chi connectivity index (χ0v) is 40.1. The number of likely N-dealkylation sites (tertiary alicyclic amines) is 2. The molecule has 1 aromatic carbocycles. The number of hydrogen-bond acceptors (Lipinski definition) is 12. The van der Waals surface area contributed by atoms with Crippen molar-refractivity contribution in [1.82, 2.24) is 45.0 Å². The first-order chi connectivity index (χ1) is 30.9. The van der Waals surface area contributed by atoms with Gasteiger partial charge in [-0.05, 0) is 82.3 Å². The summed E-state index contributed by atoms with van der Waals surface area (Å²) < 4.78 is 14.1. The molecule has 16 nitrogen and oxygen atoms in total. The molecule has 3 N–H and O–H groups in total. The van der Waals surface area contributed by atoms with Crippen LogP contribution in [-0.4, -0.2) is 141 Å². The fourth-order valence-electron chi connectivity index (χ4n) is 10.6. The number of hydrogen-bond donors (Lipinski definition) is 3. The predicted octanol–water partition coefficient (Wildman–Crippen LogP) is 5.38. The Kier molecular flexibility index (Phi) is 12.9. The number of hydrazine groups is 1. The smallest absolute Gasteiger partial charge is 0.355 e. The van der Waals surface area contributed by atoms with E-state index < -0.39 is 41.0 Å². The average molecular weight is 912 g/mol. The highest BCUT2D eigenvalue weighted by molar-refractivity contribution is 7.10. The monoisotopic (exact) mass is 911 g/mol. The first-order valence-electron chi connectivity index (χ1n) is 23.0. The van der Waals surface area contributed by atoms with Gasteiger partial charge in [-0.1, -0.05) is 33.8 Å². The number of thiazole rings is 1. The van der Waals surface area contributed by atoms with Gasteiger partial charge in [0.05, 0.1) is 40.3 Å². The van der Waals surface area contributed by atoms with Gasteiger partial charge in [0.2, 0.25) is 11.6 Å². The number of carbonyl (C=O) groups is 4. The van der Waals surface area contributed by atoms with E-state index in [1.807, 2.05) is 58.0 Å². The fourth-order valence-corrected chi connectivity index (χ4v) is 11.5. The largest absolute Gasteiger partial charge is 0.462 e. The van der Waals surface area contributed by atoms with E-state index in [0.29, 0.717) is 30.9 Å². The second-order valence-corrected chi connectivity index (χ2v) is 20.7. The zero-order chi connectivity index (χ0) is 46.6. The number of carbonyl (C=O) groups excluding carboxylic acids is 4. The molecule has 3 aromatic heterocycles. The number of cyclic esters (lactones) is 1. The van der Waals surface area contributed by atoms with Crippen molar-refractivity contribution < 1.29 is 33.8 Å². The Labute approximate surface area is 385 Å². The van der Waals surface area contributed by atoms with E-state index in [4.69, 9.17) is 19.4 Å². The van der Waals surface area contributed by atoms with Crippen LogP contribution in [0.15, 0.2) is 41.9 Å². The topological polar surface area (TPSA) is 175 Å². The quantitative estimate of drug-likeness (QED) is 0.194. The number of likely N-dealkylation sites (N-methyl/N-ethyl adjacent to an activating group) is 2. The van der Waals surface area contributed by atoms with Gasteiger partial charge in [0.25, 0.3) is 5.91 Å². The molecule has 1 spiro atoms. The lowest BCUT2D eigenvalue weighted by Gasteiger charge is -2.52. The maximum Gasteiger partial charge on any atom is 0.355 e. The number of methoxy groups -OCH3 is 1. The summed E-state index contributed by atoms with van der Waals surface area (Å²) in [7, 11) is 5.38. The number of pyridine rings is 1. The Balaban J connectivity index is 1.18. The first-order valence-corrected chi connectivity index (χ1v) is 23.9. The van der Waals surface area contributed by atoms with Gasteiger partial charge in [-0.25, -0.2) is 14.6 Å². The summed E-state index contributed by atoms with van der Waals surface area (Å²) in [6.07, 6.45) is 4.16. The number of amides is 4. The van der Waals surface area contributed by atoms with Gasteiger partial charge in [0.15, 0.2) is 0 Å². The molecule has 3 fully saturated rings. The van der Waals surface area contributed by atoms with Crippen molar-refractivity contribution in [1.29, 1.82) is 0 Å². The van der Waals surface area contributed by atoms with Gasteiger partial charge < -0.3 is 39.2 Å². The molecule has 3 saturated heterocycles. The van der Waals surface area contributed by atoms with Crippen molar-refractivity contribution in [2.75, 3.05) is 54.0 Å². The lowest BCUT2D eigenvalue weighted by atomic mass is 9.84. The third kappa shape index (κ3) is 8.77. The van der Waals surface area contributed by atoms with Crippen LogP contribution in [0.1, 0.15) is 89.6 Å². The Bertz CT molecular complexity index is 2460.